The van der Waals surface area contributed by atoms with Crippen LogP contribution in [0.2, 0.25) is 0 Å². The van der Waals surface area contributed by atoms with Gasteiger partial charge in [-0.05, 0) is 19.8 Å². The van der Waals surface area contributed by atoms with Crippen LogP contribution in [0.3, 0.4) is 0 Å². The van der Waals surface area contributed by atoms with Crippen molar-refractivity contribution in [2.45, 2.75) is 31.9 Å². The SMILES string of the molecule is CC(O)CN(C)C(=O)CNC1CC1. The van der Waals surface area contributed by atoms with Gasteiger partial charge in [-0.3, -0.25) is 4.79 Å². The van der Waals surface area contributed by atoms with Crippen LogP contribution in [0.5, 0.6) is 0 Å². The zero-order chi connectivity index (χ0) is 9.84. The molecule has 0 bridgehead atoms. The maximum Gasteiger partial charge on any atom is 0.236 e. The van der Waals surface area contributed by atoms with E-state index in [1.54, 1.807) is 18.9 Å². The van der Waals surface area contributed by atoms with Gasteiger partial charge in [-0.15, -0.1) is 0 Å². The number of likely N-dealkylation sites (N-methyl/N-ethyl adjacent to an activating group) is 1. The van der Waals surface area contributed by atoms with Crippen LogP contribution in [-0.4, -0.2) is 48.2 Å². The molecule has 0 spiro atoms. The summed E-state index contributed by atoms with van der Waals surface area (Å²) in [7, 11) is 1.71. The van der Waals surface area contributed by atoms with Crippen molar-refractivity contribution in [1.82, 2.24) is 10.2 Å². The van der Waals surface area contributed by atoms with Crippen molar-refractivity contribution in [3.05, 3.63) is 0 Å². The predicted molar refractivity (Wildman–Crippen MR) is 50.3 cm³/mol. The monoisotopic (exact) mass is 186 g/mol. The first kappa shape index (κ1) is 10.5. The summed E-state index contributed by atoms with van der Waals surface area (Å²) >= 11 is 0. The van der Waals surface area contributed by atoms with E-state index in [0.717, 1.165) is 0 Å². The van der Waals surface area contributed by atoms with Crippen molar-refractivity contribution >= 4 is 5.91 Å². The molecule has 0 saturated heterocycles. The Hall–Kier alpha value is -0.610. The van der Waals surface area contributed by atoms with Crippen molar-refractivity contribution < 1.29 is 9.90 Å². The summed E-state index contributed by atoms with van der Waals surface area (Å²) in [6, 6.07) is 0.559. The van der Waals surface area contributed by atoms with Gasteiger partial charge in [0.2, 0.25) is 5.91 Å². The molecule has 0 aromatic carbocycles. The lowest BCUT2D eigenvalue weighted by atomic mass is 10.3. The topological polar surface area (TPSA) is 52.6 Å². The van der Waals surface area contributed by atoms with Crippen LogP contribution in [0.25, 0.3) is 0 Å². The van der Waals surface area contributed by atoms with Gasteiger partial charge in [0.05, 0.1) is 12.6 Å². The Morgan fingerprint density at radius 1 is 1.69 bits per heavy atom. The molecule has 0 radical (unpaired) electrons. The Morgan fingerprint density at radius 2 is 2.31 bits per heavy atom. The highest BCUT2D eigenvalue weighted by molar-refractivity contribution is 5.78. The predicted octanol–water partition coefficient (Wildman–Crippen LogP) is -0.422. The van der Waals surface area contributed by atoms with E-state index in [0.29, 0.717) is 19.1 Å². The second-order valence-corrected chi connectivity index (χ2v) is 3.78. The molecule has 4 heteroatoms. The van der Waals surface area contributed by atoms with E-state index < -0.39 is 6.10 Å². The summed E-state index contributed by atoms with van der Waals surface area (Å²) in [5.41, 5.74) is 0. The van der Waals surface area contributed by atoms with Crippen LogP contribution in [0.4, 0.5) is 0 Å². The van der Waals surface area contributed by atoms with E-state index in [-0.39, 0.29) is 5.91 Å². The maximum atomic E-state index is 11.4. The average molecular weight is 186 g/mol. The summed E-state index contributed by atoms with van der Waals surface area (Å²) in [4.78, 5) is 12.9. The highest BCUT2D eigenvalue weighted by Crippen LogP contribution is 2.18. The Labute approximate surface area is 78.9 Å². The van der Waals surface area contributed by atoms with E-state index in [1.165, 1.54) is 12.8 Å². The Bertz CT molecular complexity index is 178. The largest absolute Gasteiger partial charge is 0.392 e. The molecule has 4 nitrogen and oxygen atoms in total. The molecule has 13 heavy (non-hydrogen) atoms. The van der Waals surface area contributed by atoms with Gasteiger partial charge in [0.15, 0.2) is 0 Å². The molecule has 1 atom stereocenters. The van der Waals surface area contributed by atoms with E-state index in [9.17, 15) is 4.79 Å². The van der Waals surface area contributed by atoms with Gasteiger partial charge in [-0.1, -0.05) is 0 Å². The third kappa shape index (κ3) is 4.24. The van der Waals surface area contributed by atoms with Gasteiger partial charge in [0.1, 0.15) is 0 Å². The number of rotatable bonds is 5. The fourth-order valence-corrected chi connectivity index (χ4v) is 1.15. The van der Waals surface area contributed by atoms with Crippen LogP contribution < -0.4 is 5.32 Å². The Morgan fingerprint density at radius 3 is 2.77 bits per heavy atom. The lowest BCUT2D eigenvalue weighted by Gasteiger charge is -2.18. The second kappa shape index (κ2) is 4.58. The van der Waals surface area contributed by atoms with Gasteiger partial charge in [0, 0.05) is 19.6 Å². The molecular weight excluding hydrogens is 168 g/mol. The summed E-state index contributed by atoms with van der Waals surface area (Å²) < 4.78 is 0. The van der Waals surface area contributed by atoms with Gasteiger partial charge in [-0.25, -0.2) is 0 Å². The number of carbonyl (C=O) groups is 1. The van der Waals surface area contributed by atoms with E-state index >= 15 is 0 Å². The molecule has 1 fully saturated rings. The fourth-order valence-electron chi connectivity index (χ4n) is 1.15. The number of hydrogen-bond donors (Lipinski definition) is 2. The molecule has 1 unspecified atom stereocenters. The highest BCUT2D eigenvalue weighted by Gasteiger charge is 2.22. The minimum atomic E-state index is -0.449. The first-order valence-corrected chi connectivity index (χ1v) is 4.75. The van der Waals surface area contributed by atoms with Crippen LogP contribution in [0.15, 0.2) is 0 Å². The number of amides is 1. The first-order valence-electron chi connectivity index (χ1n) is 4.75. The summed E-state index contributed by atoms with van der Waals surface area (Å²) in [5, 5.41) is 12.2. The van der Waals surface area contributed by atoms with E-state index in [4.69, 9.17) is 5.11 Å². The molecular formula is C9H18N2O2. The smallest absolute Gasteiger partial charge is 0.236 e. The van der Waals surface area contributed by atoms with Crippen molar-refractivity contribution in [1.29, 1.82) is 0 Å². The van der Waals surface area contributed by atoms with Crippen LogP contribution in [0.1, 0.15) is 19.8 Å². The first-order chi connectivity index (χ1) is 6.09. The molecule has 0 heterocycles. The third-order valence-corrected chi connectivity index (χ3v) is 2.08. The lowest BCUT2D eigenvalue weighted by Crippen LogP contribution is -2.39. The number of nitrogens with one attached hydrogen (secondary N) is 1. The molecule has 1 saturated carbocycles. The maximum absolute atomic E-state index is 11.4. The van der Waals surface area contributed by atoms with Crippen molar-refractivity contribution in [3.8, 4) is 0 Å². The van der Waals surface area contributed by atoms with Gasteiger partial charge in [-0.2, -0.15) is 0 Å². The van der Waals surface area contributed by atoms with Gasteiger partial charge >= 0.3 is 0 Å². The normalized spacial score (nSPS) is 18.4. The number of nitrogens with zero attached hydrogens (tertiary/aromatic N) is 1. The summed E-state index contributed by atoms with van der Waals surface area (Å²) in [6.45, 7) is 2.48. The lowest BCUT2D eigenvalue weighted by molar-refractivity contribution is -0.130. The van der Waals surface area contributed by atoms with Crippen molar-refractivity contribution in [2.75, 3.05) is 20.1 Å². The molecule has 2 N–H and O–H groups in total. The zero-order valence-electron chi connectivity index (χ0n) is 8.29. The minimum Gasteiger partial charge on any atom is -0.392 e. The van der Waals surface area contributed by atoms with Gasteiger partial charge < -0.3 is 15.3 Å². The molecule has 1 aliphatic carbocycles. The number of aliphatic hydroxyl groups is 1. The summed E-state index contributed by atoms with van der Waals surface area (Å²) in [5.74, 6) is 0.0489. The molecule has 1 rings (SSSR count). The molecule has 1 amide bonds. The molecule has 76 valence electrons. The van der Waals surface area contributed by atoms with Gasteiger partial charge in [0.25, 0.3) is 0 Å². The molecule has 0 aromatic rings. The van der Waals surface area contributed by atoms with E-state index in [2.05, 4.69) is 5.32 Å². The van der Waals surface area contributed by atoms with Crippen molar-refractivity contribution in [3.63, 3.8) is 0 Å². The Balaban J connectivity index is 2.12. The summed E-state index contributed by atoms with van der Waals surface area (Å²) in [6.07, 6.45) is 1.93. The van der Waals surface area contributed by atoms with Crippen molar-refractivity contribution in [2.24, 2.45) is 0 Å². The van der Waals surface area contributed by atoms with Crippen LogP contribution in [0, 0.1) is 0 Å². The highest BCUT2D eigenvalue weighted by atomic mass is 16.3. The average Bonchev–Trinajstić information content (AvgIpc) is 2.81. The number of carbonyl (C=O) groups excluding carboxylic acids is 1. The standard InChI is InChI=1S/C9H18N2O2/c1-7(12)6-11(2)9(13)5-10-8-3-4-8/h7-8,10,12H,3-6H2,1-2H3. The number of aliphatic hydroxyl groups excluding tert-OH is 1. The minimum absolute atomic E-state index is 0.0489. The van der Waals surface area contributed by atoms with Crippen LogP contribution >= 0.6 is 0 Å². The number of hydrogen-bond acceptors (Lipinski definition) is 3. The Kier molecular flexibility index (Phi) is 3.69. The van der Waals surface area contributed by atoms with Crippen LogP contribution in [-0.2, 0) is 4.79 Å². The zero-order valence-corrected chi connectivity index (χ0v) is 8.29. The molecule has 1 aliphatic rings. The fraction of sp³-hybridized carbons (Fsp3) is 0.889. The quantitative estimate of drug-likeness (QED) is 0.613. The second-order valence-electron chi connectivity index (χ2n) is 3.78. The van der Waals surface area contributed by atoms with E-state index in [1.807, 2.05) is 0 Å². The molecule has 0 aromatic heterocycles. The molecule has 0 aliphatic heterocycles. The third-order valence-electron chi connectivity index (χ3n) is 2.08.